The van der Waals surface area contributed by atoms with Crippen molar-refractivity contribution in [1.82, 2.24) is 15.0 Å². The van der Waals surface area contributed by atoms with E-state index in [1.165, 1.54) is 0 Å². The summed E-state index contributed by atoms with van der Waals surface area (Å²) in [6.45, 7) is 1.06. The van der Waals surface area contributed by atoms with Gasteiger partial charge in [0.15, 0.2) is 0 Å². The van der Waals surface area contributed by atoms with Crippen LogP contribution >= 0.6 is 11.8 Å². The van der Waals surface area contributed by atoms with Gasteiger partial charge in [0.25, 0.3) is 0 Å². The summed E-state index contributed by atoms with van der Waals surface area (Å²) in [5.74, 6) is 3.19. The minimum atomic E-state index is 0.666. The lowest BCUT2D eigenvalue weighted by Gasteiger charge is -2.07. The largest absolute Gasteiger partial charge is 0.338 e. The summed E-state index contributed by atoms with van der Waals surface area (Å²) in [5.41, 5.74) is 0.991. The number of nitrogens with zero attached hydrogens (tertiary/aromatic N) is 3. The van der Waals surface area contributed by atoms with Gasteiger partial charge in [-0.25, -0.2) is 0 Å². The van der Waals surface area contributed by atoms with Gasteiger partial charge in [0.2, 0.25) is 11.7 Å². The maximum absolute atomic E-state index is 5.23. The molecule has 1 aromatic heterocycles. The van der Waals surface area contributed by atoms with Crippen molar-refractivity contribution >= 4 is 11.8 Å². The van der Waals surface area contributed by atoms with E-state index in [4.69, 9.17) is 4.52 Å². The number of aromatic nitrogens is 2. The molecule has 0 saturated carbocycles. The molecule has 5 heteroatoms. The highest BCUT2D eigenvalue weighted by molar-refractivity contribution is 7.98. The topological polar surface area (TPSA) is 42.2 Å². The van der Waals surface area contributed by atoms with Crippen molar-refractivity contribution in [2.45, 2.75) is 5.75 Å². The van der Waals surface area contributed by atoms with E-state index in [1.54, 1.807) is 11.8 Å². The Balaban J connectivity index is 1.87. The van der Waals surface area contributed by atoms with Gasteiger partial charge in [0, 0.05) is 17.9 Å². The van der Waals surface area contributed by atoms with Crippen LogP contribution in [0.1, 0.15) is 5.89 Å². The van der Waals surface area contributed by atoms with Crippen LogP contribution in [0.5, 0.6) is 0 Å². The minimum Gasteiger partial charge on any atom is -0.338 e. The molecule has 0 bridgehead atoms. The Kier molecular flexibility index (Phi) is 4.78. The van der Waals surface area contributed by atoms with Gasteiger partial charge in [-0.05, 0) is 14.1 Å². The molecular formula is C13H17N3OS. The average Bonchev–Trinajstić information content (AvgIpc) is 2.84. The van der Waals surface area contributed by atoms with Crippen LogP contribution in [-0.4, -0.2) is 41.4 Å². The maximum Gasteiger partial charge on any atom is 0.236 e. The van der Waals surface area contributed by atoms with Crippen LogP contribution in [0.15, 0.2) is 34.9 Å². The molecule has 0 fully saturated rings. The van der Waals surface area contributed by atoms with Gasteiger partial charge in [0.05, 0.1) is 5.75 Å². The Morgan fingerprint density at radius 1 is 1.22 bits per heavy atom. The van der Waals surface area contributed by atoms with Crippen molar-refractivity contribution in [3.05, 3.63) is 36.2 Å². The first kappa shape index (κ1) is 13.1. The zero-order valence-electron chi connectivity index (χ0n) is 10.7. The summed E-state index contributed by atoms with van der Waals surface area (Å²) in [4.78, 5) is 6.55. The van der Waals surface area contributed by atoms with Gasteiger partial charge in [-0.3, -0.25) is 0 Å². The molecule has 0 aliphatic rings. The molecule has 0 spiro atoms. The van der Waals surface area contributed by atoms with E-state index in [-0.39, 0.29) is 0 Å². The standard InChI is InChI=1S/C13H17N3OS/c1-16(2)8-9-18-10-12-14-13(15-17-12)11-6-4-3-5-7-11/h3-7H,8-10H2,1-2H3. The SMILES string of the molecule is CN(C)CCSCc1nc(-c2ccccc2)no1. The van der Waals surface area contributed by atoms with Crippen molar-refractivity contribution in [3.63, 3.8) is 0 Å². The van der Waals surface area contributed by atoms with E-state index < -0.39 is 0 Å². The number of hydrogen-bond donors (Lipinski definition) is 0. The Hall–Kier alpha value is -1.33. The molecule has 0 atom stereocenters. The highest BCUT2D eigenvalue weighted by atomic mass is 32.2. The smallest absolute Gasteiger partial charge is 0.236 e. The quantitative estimate of drug-likeness (QED) is 0.749. The number of thioether (sulfide) groups is 1. The van der Waals surface area contributed by atoms with Gasteiger partial charge in [-0.2, -0.15) is 16.7 Å². The maximum atomic E-state index is 5.23. The first-order valence-corrected chi connectivity index (χ1v) is 7.01. The number of hydrogen-bond acceptors (Lipinski definition) is 5. The molecule has 2 aromatic rings. The normalized spacial score (nSPS) is 11.1. The fraction of sp³-hybridized carbons (Fsp3) is 0.385. The van der Waals surface area contributed by atoms with Gasteiger partial charge < -0.3 is 9.42 Å². The summed E-state index contributed by atoms with van der Waals surface area (Å²) >= 11 is 1.81. The first-order chi connectivity index (χ1) is 8.75. The minimum absolute atomic E-state index is 0.666. The van der Waals surface area contributed by atoms with Crippen LogP contribution in [0, 0.1) is 0 Å². The molecule has 0 unspecified atom stereocenters. The molecule has 0 N–H and O–H groups in total. The first-order valence-electron chi connectivity index (χ1n) is 5.86. The molecule has 4 nitrogen and oxygen atoms in total. The predicted molar refractivity (Wildman–Crippen MR) is 74.5 cm³/mol. The Morgan fingerprint density at radius 3 is 2.72 bits per heavy atom. The second-order valence-electron chi connectivity index (χ2n) is 4.23. The van der Waals surface area contributed by atoms with Gasteiger partial charge in [0.1, 0.15) is 0 Å². The lowest BCUT2D eigenvalue weighted by atomic mass is 10.2. The van der Waals surface area contributed by atoms with Crippen LogP contribution < -0.4 is 0 Å². The third kappa shape index (κ3) is 3.85. The second kappa shape index (κ2) is 6.56. The van der Waals surface area contributed by atoms with Gasteiger partial charge in [-0.15, -0.1) is 0 Å². The molecule has 18 heavy (non-hydrogen) atoms. The van der Waals surface area contributed by atoms with Crippen molar-refractivity contribution in [2.24, 2.45) is 0 Å². The van der Waals surface area contributed by atoms with E-state index in [0.29, 0.717) is 11.7 Å². The molecule has 2 rings (SSSR count). The highest BCUT2D eigenvalue weighted by Crippen LogP contribution is 2.17. The summed E-state index contributed by atoms with van der Waals surface area (Å²) < 4.78 is 5.23. The predicted octanol–water partition coefficient (Wildman–Crippen LogP) is 2.53. The molecular weight excluding hydrogens is 246 g/mol. The summed E-state index contributed by atoms with van der Waals surface area (Å²) in [5, 5.41) is 3.99. The monoisotopic (exact) mass is 263 g/mol. The van der Waals surface area contributed by atoms with E-state index in [9.17, 15) is 0 Å². The molecule has 0 aliphatic carbocycles. The van der Waals surface area contributed by atoms with E-state index in [2.05, 4.69) is 29.1 Å². The summed E-state index contributed by atoms with van der Waals surface area (Å²) in [6, 6.07) is 9.87. The van der Waals surface area contributed by atoms with Crippen LogP contribution in [-0.2, 0) is 5.75 Å². The lowest BCUT2D eigenvalue weighted by molar-refractivity contribution is 0.391. The molecule has 0 aliphatic heterocycles. The molecule has 1 heterocycles. The van der Waals surface area contributed by atoms with Crippen molar-refractivity contribution in [3.8, 4) is 11.4 Å². The van der Waals surface area contributed by atoms with E-state index in [1.807, 2.05) is 30.3 Å². The van der Waals surface area contributed by atoms with Crippen LogP contribution in [0.3, 0.4) is 0 Å². The van der Waals surface area contributed by atoms with Gasteiger partial charge in [-0.1, -0.05) is 35.5 Å². The van der Waals surface area contributed by atoms with Crippen molar-refractivity contribution in [1.29, 1.82) is 0 Å². The van der Waals surface area contributed by atoms with Gasteiger partial charge >= 0.3 is 0 Å². The fourth-order valence-corrected chi connectivity index (χ4v) is 2.36. The van der Waals surface area contributed by atoms with Crippen molar-refractivity contribution in [2.75, 3.05) is 26.4 Å². The van der Waals surface area contributed by atoms with Crippen LogP contribution in [0.25, 0.3) is 11.4 Å². The second-order valence-corrected chi connectivity index (χ2v) is 5.34. The Morgan fingerprint density at radius 2 is 2.00 bits per heavy atom. The number of rotatable bonds is 6. The van der Waals surface area contributed by atoms with Crippen LogP contribution in [0.4, 0.5) is 0 Å². The zero-order valence-corrected chi connectivity index (χ0v) is 11.5. The van der Waals surface area contributed by atoms with E-state index >= 15 is 0 Å². The third-order valence-electron chi connectivity index (χ3n) is 2.41. The Bertz CT molecular complexity index is 470. The Labute approximate surface area is 111 Å². The van der Waals surface area contributed by atoms with E-state index in [0.717, 1.165) is 23.6 Å². The summed E-state index contributed by atoms with van der Waals surface area (Å²) in [6.07, 6.45) is 0. The van der Waals surface area contributed by atoms with Crippen LogP contribution in [0.2, 0.25) is 0 Å². The van der Waals surface area contributed by atoms with Crippen molar-refractivity contribution < 1.29 is 4.52 Å². The molecule has 96 valence electrons. The third-order valence-corrected chi connectivity index (χ3v) is 3.33. The molecule has 1 aromatic carbocycles. The fourth-order valence-electron chi connectivity index (χ4n) is 1.42. The summed E-state index contributed by atoms with van der Waals surface area (Å²) in [7, 11) is 4.14. The lowest BCUT2D eigenvalue weighted by Crippen LogP contribution is -2.14. The highest BCUT2D eigenvalue weighted by Gasteiger charge is 2.07. The zero-order chi connectivity index (χ0) is 12.8. The molecule has 0 amide bonds. The molecule has 0 saturated heterocycles. The number of benzene rings is 1. The molecule has 0 radical (unpaired) electrons. The average molecular weight is 263 g/mol.